The first kappa shape index (κ1) is 21.4. The molecule has 0 radical (unpaired) electrons. The monoisotopic (exact) mass is 456 g/mol. The Morgan fingerprint density at radius 3 is 2.45 bits per heavy atom. The van der Waals surface area contributed by atoms with Gasteiger partial charge in [-0.1, -0.05) is 60.1 Å². The molecule has 5 heteroatoms. The fourth-order valence-corrected chi connectivity index (χ4v) is 4.17. The molecule has 0 saturated heterocycles. The molecule has 0 aliphatic rings. The highest BCUT2D eigenvalue weighted by Gasteiger charge is 2.11. The van der Waals surface area contributed by atoms with Crippen molar-refractivity contribution >= 4 is 33.4 Å². The number of halogens is 1. The van der Waals surface area contributed by atoms with E-state index in [0.717, 1.165) is 53.1 Å². The summed E-state index contributed by atoms with van der Waals surface area (Å²) in [7, 11) is 0. The zero-order chi connectivity index (χ0) is 22.5. The van der Waals surface area contributed by atoms with Crippen LogP contribution in [0.25, 0.3) is 21.8 Å². The Labute approximate surface area is 198 Å². The largest absolute Gasteiger partial charge is 0.493 e. The van der Waals surface area contributed by atoms with Crippen molar-refractivity contribution in [2.45, 2.75) is 26.0 Å². The first-order chi connectivity index (χ1) is 16.3. The van der Waals surface area contributed by atoms with Crippen molar-refractivity contribution in [2.24, 2.45) is 0 Å². The number of para-hydroxylation sites is 2. The number of aryl methyl sites for hydroxylation is 1. The predicted molar refractivity (Wildman–Crippen MR) is 134 cm³/mol. The molecule has 5 rings (SSSR count). The second-order valence-corrected chi connectivity index (χ2v) is 8.38. The summed E-state index contributed by atoms with van der Waals surface area (Å²) in [5.74, 6) is 2.64. The van der Waals surface area contributed by atoms with Gasteiger partial charge in [0.1, 0.15) is 23.9 Å². The van der Waals surface area contributed by atoms with E-state index >= 15 is 0 Å². The van der Waals surface area contributed by atoms with E-state index in [0.29, 0.717) is 18.2 Å². The molecular formula is C28H25ClN2O2. The van der Waals surface area contributed by atoms with Crippen LogP contribution in [0.2, 0.25) is 5.02 Å². The van der Waals surface area contributed by atoms with Gasteiger partial charge >= 0.3 is 0 Å². The van der Waals surface area contributed by atoms with Gasteiger partial charge in [-0.25, -0.2) is 4.98 Å². The number of nitrogens with zero attached hydrogens (tertiary/aromatic N) is 2. The van der Waals surface area contributed by atoms with E-state index in [1.165, 1.54) is 5.39 Å². The van der Waals surface area contributed by atoms with Gasteiger partial charge in [-0.05, 0) is 60.7 Å². The molecule has 4 nitrogen and oxygen atoms in total. The van der Waals surface area contributed by atoms with Gasteiger partial charge in [0.2, 0.25) is 0 Å². The highest BCUT2D eigenvalue weighted by atomic mass is 35.5. The summed E-state index contributed by atoms with van der Waals surface area (Å²) in [4.78, 5) is 4.81. The van der Waals surface area contributed by atoms with Crippen LogP contribution in [0.15, 0.2) is 91.0 Å². The van der Waals surface area contributed by atoms with E-state index in [9.17, 15) is 0 Å². The van der Waals surface area contributed by atoms with Gasteiger partial charge < -0.3 is 14.0 Å². The van der Waals surface area contributed by atoms with Crippen LogP contribution in [0.1, 0.15) is 18.7 Å². The Bertz CT molecular complexity index is 1360. The molecule has 0 bridgehead atoms. The molecule has 1 heterocycles. The fraction of sp³-hybridized carbons (Fsp3) is 0.179. The molecule has 0 aliphatic heterocycles. The lowest BCUT2D eigenvalue weighted by molar-refractivity contribution is 0.285. The third-order valence-corrected chi connectivity index (χ3v) is 5.95. The van der Waals surface area contributed by atoms with Gasteiger partial charge in [-0.3, -0.25) is 0 Å². The highest BCUT2D eigenvalue weighted by molar-refractivity contribution is 6.30. The number of hydrogen-bond donors (Lipinski definition) is 0. The zero-order valence-electron chi connectivity index (χ0n) is 18.3. The number of imidazole rings is 1. The van der Waals surface area contributed by atoms with E-state index in [1.807, 2.05) is 60.7 Å². The summed E-state index contributed by atoms with van der Waals surface area (Å²) in [6.45, 7) is 1.94. The summed E-state index contributed by atoms with van der Waals surface area (Å²) < 4.78 is 14.3. The number of aromatic nitrogens is 2. The molecule has 0 N–H and O–H groups in total. The third kappa shape index (κ3) is 4.96. The number of ether oxygens (including phenoxy) is 2. The predicted octanol–water partition coefficient (Wildman–Crippen LogP) is 7.28. The van der Waals surface area contributed by atoms with Crippen LogP contribution in [0.3, 0.4) is 0 Å². The SMILES string of the molecule is Clc1ccc(OCc2nc3ccccc3n2CCCCOc2cccc3ccccc23)cc1. The number of hydrogen-bond acceptors (Lipinski definition) is 3. The molecule has 0 saturated carbocycles. The van der Waals surface area contributed by atoms with Crippen LogP contribution in [0, 0.1) is 0 Å². The minimum atomic E-state index is 0.406. The van der Waals surface area contributed by atoms with Gasteiger partial charge in [-0.15, -0.1) is 0 Å². The topological polar surface area (TPSA) is 36.3 Å². The maximum atomic E-state index is 6.11. The normalized spacial score (nSPS) is 11.2. The van der Waals surface area contributed by atoms with E-state index in [4.69, 9.17) is 26.1 Å². The molecule has 0 fully saturated rings. The van der Waals surface area contributed by atoms with Crippen LogP contribution in [0.5, 0.6) is 11.5 Å². The standard InChI is InChI=1S/C28H25ClN2O2/c29-22-14-16-23(17-15-22)33-20-28-30-25-11-3-4-12-26(25)31(28)18-5-6-19-32-27-13-7-9-21-8-1-2-10-24(21)27/h1-4,7-17H,5-6,18-20H2. The minimum absolute atomic E-state index is 0.406. The fourth-order valence-electron chi connectivity index (χ4n) is 4.04. The van der Waals surface area contributed by atoms with Gasteiger partial charge in [0, 0.05) is 17.0 Å². The average molecular weight is 457 g/mol. The first-order valence-corrected chi connectivity index (χ1v) is 11.6. The molecule has 0 aliphatic carbocycles. The van der Waals surface area contributed by atoms with Gasteiger partial charge in [-0.2, -0.15) is 0 Å². The summed E-state index contributed by atoms with van der Waals surface area (Å²) in [6.07, 6.45) is 1.94. The van der Waals surface area contributed by atoms with Crippen LogP contribution >= 0.6 is 11.6 Å². The Hall–Kier alpha value is -3.50. The maximum absolute atomic E-state index is 6.11. The number of benzene rings is 4. The van der Waals surface area contributed by atoms with E-state index in [2.05, 4.69) is 34.9 Å². The van der Waals surface area contributed by atoms with Crippen LogP contribution < -0.4 is 9.47 Å². The molecule has 33 heavy (non-hydrogen) atoms. The Balaban J connectivity index is 1.22. The smallest absolute Gasteiger partial charge is 0.147 e. The second-order valence-electron chi connectivity index (χ2n) is 7.94. The Morgan fingerprint density at radius 2 is 1.55 bits per heavy atom. The lowest BCUT2D eigenvalue weighted by Gasteiger charge is -2.12. The lowest BCUT2D eigenvalue weighted by atomic mass is 10.1. The summed E-state index contributed by atoms with van der Waals surface area (Å²) in [5.41, 5.74) is 2.11. The Kier molecular flexibility index (Phi) is 6.45. The zero-order valence-corrected chi connectivity index (χ0v) is 19.0. The maximum Gasteiger partial charge on any atom is 0.147 e. The number of unbranched alkanes of at least 4 members (excludes halogenated alkanes) is 1. The van der Waals surface area contributed by atoms with Crippen LogP contribution in [-0.2, 0) is 13.2 Å². The summed E-state index contributed by atoms with van der Waals surface area (Å²) in [6, 6.07) is 30.1. The average Bonchev–Trinajstić information content (AvgIpc) is 3.21. The van der Waals surface area contributed by atoms with Crippen LogP contribution in [0.4, 0.5) is 0 Å². The third-order valence-electron chi connectivity index (χ3n) is 5.70. The van der Waals surface area contributed by atoms with E-state index < -0.39 is 0 Å². The molecule has 0 spiro atoms. The van der Waals surface area contributed by atoms with Crippen LogP contribution in [-0.4, -0.2) is 16.2 Å². The van der Waals surface area contributed by atoms with Crippen molar-refractivity contribution in [3.05, 3.63) is 102 Å². The quantitative estimate of drug-likeness (QED) is 0.219. The molecule has 1 aromatic heterocycles. The molecule has 4 aromatic carbocycles. The Morgan fingerprint density at radius 1 is 0.758 bits per heavy atom. The van der Waals surface area contributed by atoms with Crippen molar-refractivity contribution in [1.82, 2.24) is 9.55 Å². The van der Waals surface area contributed by atoms with Crippen molar-refractivity contribution in [1.29, 1.82) is 0 Å². The first-order valence-electron chi connectivity index (χ1n) is 11.2. The van der Waals surface area contributed by atoms with Gasteiger partial charge in [0.25, 0.3) is 0 Å². The van der Waals surface area contributed by atoms with E-state index in [1.54, 1.807) is 0 Å². The molecule has 166 valence electrons. The summed E-state index contributed by atoms with van der Waals surface area (Å²) >= 11 is 5.98. The van der Waals surface area contributed by atoms with Crippen molar-refractivity contribution < 1.29 is 9.47 Å². The van der Waals surface area contributed by atoms with E-state index in [-0.39, 0.29) is 0 Å². The minimum Gasteiger partial charge on any atom is -0.493 e. The van der Waals surface area contributed by atoms with Crippen molar-refractivity contribution in [3.8, 4) is 11.5 Å². The molecular weight excluding hydrogens is 432 g/mol. The second kappa shape index (κ2) is 9.97. The summed E-state index contributed by atoms with van der Waals surface area (Å²) in [5, 5.41) is 3.05. The highest BCUT2D eigenvalue weighted by Crippen LogP contribution is 2.25. The molecule has 0 amide bonds. The number of rotatable bonds is 9. The van der Waals surface area contributed by atoms with Gasteiger partial charge in [0.15, 0.2) is 0 Å². The number of fused-ring (bicyclic) bond motifs is 2. The van der Waals surface area contributed by atoms with Gasteiger partial charge in [0.05, 0.1) is 17.6 Å². The van der Waals surface area contributed by atoms with Crippen molar-refractivity contribution in [3.63, 3.8) is 0 Å². The molecule has 0 atom stereocenters. The molecule has 5 aromatic rings. The van der Waals surface area contributed by atoms with Crippen molar-refractivity contribution in [2.75, 3.05) is 6.61 Å². The molecule has 0 unspecified atom stereocenters. The lowest BCUT2D eigenvalue weighted by Crippen LogP contribution is -2.09.